The number of benzene rings is 2. The molecule has 28 heavy (non-hydrogen) atoms. The highest BCUT2D eigenvalue weighted by atomic mass is 19.1. The van der Waals surface area contributed by atoms with Crippen molar-refractivity contribution in [3.8, 4) is 0 Å². The number of hydrogen-bond donors (Lipinski definition) is 1. The van der Waals surface area contributed by atoms with E-state index in [1.807, 2.05) is 30.3 Å². The van der Waals surface area contributed by atoms with E-state index in [9.17, 15) is 14.0 Å². The Hall–Kier alpha value is -3.09. The summed E-state index contributed by atoms with van der Waals surface area (Å²) < 4.78 is 19.2. The van der Waals surface area contributed by atoms with Crippen molar-refractivity contribution in [2.75, 3.05) is 25.0 Å². The molecule has 4 rings (SSSR count). The lowest BCUT2D eigenvalue weighted by Crippen LogP contribution is -2.60. The molecule has 0 unspecified atom stereocenters. The van der Waals surface area contributed by atoms with E-state index in [-0.39, 0.29) is 29.8 Å². The monoisotopic (exact) mass is 383 g/mol. The van der Waals surface area contributed by atoms with Crippen LogP contribution in [-0.4, -0.2) is 47.7 Å². The van der Waals surface area contributed by atoms with E-state index in [1.54, 1.807) is 21.9 Å². The number of para-hydroxylation sites is 1. The van der Waals surface area contributed by atoms with Crippen molar-refractivity contribution < 1.29 is 18.7 Å². The molecule has 1 N–H and O–H groups in total. The number of rotatable bonds is 3. The van der Waals surface area contributed by atoms with Gasteiger partial charge in [-0.05, 0) is 24.1 Å². The van der Waals surface area contributed by atoms with Gasteiger partial charge >= 0.3 is 12.1 Å². The number of likely N-dealkylation sites (tertiary alicyclic amines) is 1. The molecule has 0 aromatic heterocycles. The predicted octanol–water partition coefficient (Wildman–Crippen LogP) is 3.70. The number of piperidine rings is 1. The highest BCUT2D eigenvalue weighted by Gasteiger charge is 2.42. The van der Waals surface area contributed by atoms with Crippen LogP contribution in [-0.2, 0) is 11.3 Å². The Morgan fingerprint density at radius 3 is 2.68 bits per heavy atom. The fourth-order valence-corrected chi connectivity index (χ4v) is 3.83. The third-order valence-electron chi connectivity index (χ3n) is 5.38. The molecule has 2 atom stereocenters. The number of anilines is 1. The van der Waals surface area contributed by atoms with Gasteiger partial charge in [0.15, 0.2) is 0 Å². The van der Waals surface area contributed by atoms with Crippen LogP contribution in [0.4, 0.5) is 19.7 Å². The fraction of sp³-hybridized carbons (Fsp3) is 0.333. The van der Waals surface area contributed by atoms with Crippen molar-refractivity contribution in [2.45, 2.75) is 19.0 Å². The molecule has 2 saturated heterocycles. The minimum absolute atomic E-state index is 0.124. The molecule has 0 aliphatic carbocycles. The van der Waals surface area contributed by atoms with Crippen LogP contribution in [0.15, 0.2) is 54.6 Å². The Balaban J connectivity index is 1.48. The van der Waals surface area contributed by atoms with Crippen LogP contribution >= 0.6 is 0 Å². The molecule has 146 valence electrons. The average molecular weight is 383 g/mol. The van der Waals surface area contributed by atoms with E-state index in [2.05, 4.69) is 5.32 Å². The van der Waals surface area contributed by atoms with E-state index in [4.69, 9.17) is 4.74 Å². The number of hydrogen-bond acceptors (Lipinski definition) is 3. The Labute approximate surface area is 162 Å². The number of halogens is 1. The number of fused-ring (bicyclic) bond motifs is 1. The van der Waals surface area contributed by atoms with E-state index in [1.165, 1.54) is 12.1 Å². The van der Waals surface area contributed by atoms with Crippen molar-refractivity contribution in [2.24, 2.45) is 5.92 Å². The zero-order valence-electron chi connectivity index (χ0n) is 15.4. The molecule has 0 radical (unpaired) electrons. The highest BCUT2D eigenvalue weighted by Crippen LogP contribution is 2.29. The van der Waals surface area contributed by atoms with E-state index < -0.39 is 5.82 Å². The van der Waals surface area contributed by atoms with Crippen molar-refractivity contribution in [1.29, 1.82) is 0 Å². The first-order chi connectivity index (χ1) is 13.6. The molecule has 3 amide bonds. The van der Waals surface area contributed by atoms with Gasteiger partial charge in [0.25, 0.3) is 0 Å². The van der Waals surface area contributed by atoms with Crippen LogP contribution in [0.1, 0.15) is 12.0 Å². The van der Waals surface area contributed by atoms with Gasteiger partial charge in [0, 0.05) is 25.6 Å². The lowest BCUT2D eigenvalue weighted by atomic mass is 9.90. The highest BCUT2D eigenvalue weighted by molar-refractivity contribution is 5.89. The molecular weight excluding hydrogens is 361 g/mol. The zero-order valence-corrected chi connectivity index (χ0v) is 15.4. The second-order valence-corrected chi connectivity index (χ2v) is 7.16. The molecule has 2 aliphatic heterocycles. The van der Waals surface area contributed by atoms with Gasteiger partial charge in [-0.3, -0.25) is 4.90 Å². The maximum absolute atomic E-state index is 13.8. The van der Waals surface area contributed by atoms with Crippen LogP contribution in [0.5, 0.6) is 0 Å². The smallest absolute Gasteiger partial charge is 0.410 e. The maximum atomic E-state index is 13.8. The third kappa shape index (κ3) is 3.78. The van der Waals surface area contributed by atoms with Gasteiger partial charge in [-0.2, -0.15) is 0 Å². The summed E-state index contributed by atoms with van der Waals surface area (Å²) in [6.45, 7) is 1.74. The zero-order chi connectivity index (χ0) is 19.5. The second-order valence-electron chi connectivity index (χ2n) is 7.16. The summed E-state index contributed by atoms with van der Waals surface area (Å²) >= 11 is 0. The SMILES string of the molecule is O=C(Nc1ccccc1F)N1CC[C@@H]2COC(=O)N(Cc3ccccc3)[C@@H]2C1. The molecule has 6 nitrogen and oxygen atoms in total. The first-order valence-corrected chi connectivity index (χ1v) is 9.39. The minimum atomic E-state index is -0.474. The Morgan fingerprint density at radius 2 is 1.89 bits per heavy atom. The van der Waals surface area contributed by atoms with E-state index >= 15 is 0 Å². The first kappa shape index (κ1) is 18.3. The van der Waals surface area contributed by atoms with Crippen molar-refractivity contribution in [3.05, 3.63) is 66.0 Å². The number of carbonyl (C=O) groups excluding carboxylic acids is 2. The van der Waals surface area contributed by atoms with Crippen LogP contribution in [0, 0.1) is 11.7 Å². The molecule has 2 aromatic rings. The minimum Gasteiger partial charge on any atom is -0.449 e. The molecule has 2 aliphatic rings. The summed E-state index contributed by atoms with van der Waals surface area (Å²) in [6, 6.07) is 15.3. The van der Waals surface area contributed by atoms with Crippen molar-refractivity contribution in [1.82, 2.24) is 9.80 Å². The van der Waals surface area contributed by atoms with Gasteiger partial charge in [0.1, 0.15) is 5.82 Å². The number of carbonyl (C=O) groups is 2. The summed E-state index contributed by atoms with van der Waals surface area (Å²) in [5.74, 6) is -0.295. The lowest BCUT2D eigenvalue weighted by Gasteiger charge is -2.46. The number of nitrogens with zero attached hydrogens (tertiary/aromatic N) is 2. The molecule has 2 fully saturated rings. The molecule has 2 heterocycles. The summed E-state index contributed by atoms with van der Waals surface area (Å²) in [5, 5.41) is 2.63. The molecule has 2 aromatic carbocycles. The number of urea groups is 1. The molecule has 0 bridgehead atoms. The van der Waals surface area contributed by atoms with Gasteiger partial charge in [0.05, 0.1) is 18.3 Å². The topological polar surface area (TPSA) is 61.9 Å². The third-order valence-corrected chi connectivity index (χ3v) is 5.38. The summed E-state index contributed by atoms with van der Waals surface area (Å²) in [6.07, 6.45) is 0.370. The number of amides is 3. The van der Waals surface area contributed by atoms with Crippen LogP contribution < -0.4 is 5.32 Å². The summed E-state index contributed by atoms with van der Waals surface area (Å²) in [5.41, 5.74) is 1.16. The van der Waals surface area contributed by atoms with Crippen LogP contribution in [0.3, 0.4) is 0 Å². The predicted molar refractivity (Wildman–Crippen MR) is 102 cm³/mol. The molecule has 0 saturated carbocycles. The quantitative estimate of drug-likeness (QED) is 0.879. The van der Waals surface area contributed by atoms with Crippen LogP contribution in [0.2, 0.25) is 0 Å². The van der Waals surface area contributed by atoms with Gasteiger partial charge in [-0.15, -0.1) is 0 Å². The van der Waals surface area contributed by atoms with Crippen molar-refractivity contribution >= 4 is 17.8 Å². The summed E-state index contributed by atoms with van der Waals surface area (Å²) in [4.78, 5) is 28.4. The Morgan fingerprint density at radius 1 is 1.14 bits per heavy atom. The standard InChI is InChI=1S/C21H22FN3O3/c22-17-8-4-5-9-18(17)23-20(26)24-11-10-16-14-28-21(27)25(19(16)13-24)12-15-6-2-1-3-7-15/h1-9,16,19H,10-14H2,(H,23,26)/t16-,19-/m1/s1. The van der Waals surface area contributed by atoms with Gasteiger partial charge < -0.3 is 15.0 Å². The molecular formula is C21H22FN3O3. The normalized spacial score (nSPS) is 21.7. The van der Waals surface area contributed by atoms with Gasteiger partial charge in [-0.1, -0.05) is 42.5 Å². The number of ether oxygens (including phenoxy) is 1. The molecule has 7 heteroatoms. The average Bonchev–Trinajstić information content (AvgIpc) is 2.72. The number of nitrogens with one attached hydrogen (secondary N) is 1. The fourth-order valence-electron chi connectivity index (χ4n) is 3.83. The summed E-state index contributed by atoms with van der Waals surface area (Å²) in [7, 11) is 0. The van der Waals surface area contributed by atoms with E-state index in [0.29, 0.717) is 26.2 Å². The maximum Gasteiger partial charge on any atom is 0.410 e. The molecule has 0 spiro atoms. The number of cyclic esters (lactones) is 1. The van der Waals surface area contributed by atoms with Crippen LogP contribution in [0.25, 0.3) is 0 Å². The van der Waals surface area contributed by atoms with Gasteiger partial charge in [0.2, 0.25) is 0 Å². The second kappa shape index (κ2) is 7.88. The van der Waals surface area contributed by atoms with Gasteiger partial charge in [-0.25, -0.2) is 14.0 Å². The first-order valence-electron chi connectivity index (χ1n) is 9.39. The van der Waals surface area contributed by atoms with E-state index in [0.717, 1.165) is 12.0 Å². The Bertz CT molecular complexity index is 861. The largest absolute Gasteiger partial charge is 0.449 e. The Kier molecular flexibility index (Phi) is 5.14. The van der Waals surface area contributed by atoms with Crippen molar-refractivity contribution in [3.63, 3.8) is 0 Å². The lowest BCUT2D eigenvalue weighted by molar-refractivity contribution is -0.0232.